The number of hydrogen-bond acceptors (Lipinski definition) is 5. The number of rotatable bonds is 9. The van der Waals surface area contributed by atoms with E-state index in [1.165, 1.54) is 23.7 Å². The lowest BCUT2D eigenvalue weighted by atomic mass is 10.3. The fourth-order valence-electron chi connectivity index (χ4n) is 1.95. The van der Waals surface area contributed by atoms with Crippen molar-refractivity contribution in [2.45, 2.75) is 32.2 Å². The van der Waals surface area contributed by atoms with Crippen LogP contribution in [0.1, 0.15) is 25.5 Å². The number of thiazole rings is 1. The van der Waals surface area contributed by atoms with Crippen LogP contribution in [0.4, 0.5) is 5.13 Å². The van der Waals surface area contributed by atoms with Gasteiger partial charge in [-0.15, -0.1) is 11.3 Å². The normalized spacial score (nSPS) is 15.0. The monoisotopic (exact) mass is 269 g/mol. The van der Waals surface area contributed by atoms with Gasteiger partial charge in [-0.1, -0.05) is 6.92 Å². The maximum Gasteiger partial charge on any atom is 0.185 e. The molecule has 0 radical (unpaired) electrons. The van der Waals surface area contributed by atoms with E-state index in [9.17, 15) is 0 Å². The highest BCUT2D eigenvalue weighted by Crippen LogP contribution is 2.33. The first-order chi connectivity index (χ1) is 8.85. The Bertz CT molecular complexity index is 352. The largest absolute Gasteiger partial charge is 0.383 e. The van der Waals surface area contributed by atoms with Gasteiger partial charge < -0.3 is 15.0 Å². The first-order valence-corrected chi connectivity index (χ1v) is 7.63. The Balaban J connectivity index is 1.89. The molecule has 0 saturated heterocycles. The lowest BCUT2D eigenvalue weighted by molar-refractivity contribution is 0.205. The summed E-state index contributed by atoms with van der Waals surface area (Å²) in [6, 6.07) is 0.702. The molecule has 0 unspecified atom stereocenters. The minimum Gasteiger partial charge on any atom is -0.383 e. The molecular formula is C13H23N3OS. The Kier molecular flexibility index (Phi) is 5.41. The summed E-state index contributed by atoms with van der Waals surface area (Å²) in [7, 11) is 1.76. The number of aromatic nitrogens is 1. The zero-order chi connectivity index (χ0) is 12.8. The number of methoxy groups -OCH3 is 1. The van der Waals surface area contributed by atoms with Crippen LogP contribution in [0.5, 0.6) is 0 Å². The van der Waals surface area contributed by atoms with E-state index in [0.29, 0.717) is 6.04 Å². The van der Waals surface area contributed by atoms with E-state index in [1.54, 1.807) is 18.4 Å². The molecule has 1 aromatic rings. The molecule has 1 aliphatic rings. The average molecular weight is 269 g/mol. The van der Waals surface area contributed by atoms with Crippen molar-refractivity contribution >= 4 is 16.5 Å². The van der Waals surface area contributed by atoms with E-state index in [-0.39, 0.29) is 0 Å². The third-order valence-corrected chi connectivity index (χ3v) is 4.04. The molecule has 5 heteroatoms. The zero-order valence-corrected chi connectivity index (χ0v) is 12.1. The van der Waals surface area contributed by atoms with Gasteiger partial charge in [-0.05, 0) is 19.4 Å². The van der Waals surface area contributed by atoms with Crippen LogP contribution in [0.15, 0.2) is 5.38 Å². The molecule has 0 spiro atoms. The lowest BCUT2D eigenvalue weighted by Gasteiger charge is -2.20. The Morgan fingerprint density at radius 2 is 2.39 bits per heavy atom. The van der Waals surface area contributed by atoms with Gasteiger partial charge in [-0.3, -0.25) is 0 Å². The molecule has 102 valence electrons. The van der Waals surface area contributed by atoms with Crippen LogP contribution in [0.3, 0.4) is 0 Å². The van der Waals surface area contributed by atoms with Gasteiger partial charge in [0.1, 0.15) is 0 Å². The molecular weight excluding hydrogens is 246 g/mol. The quantitative estimate of drug-likeness (QED) is 0.695. The van der Waals surface area contributed by atoms with Gasteiger partial charge in [0.15, 0.2) is 5.13 Å². The van der Waals surface area contributed by atoms with Gasteiger partial charge in [0.2, 0.25) is 0 Å². The Labute approximate surface area is 113 Å². The summed E-state index contributed by atoms with van der Waals surface area (Å²) in [5.74, 6) is 0. The van der Waals surface area contributed by atoms with Crippen LogP contribution in [0.2, 0.25) is 0 Å². The number of hydrogen-bond donors (Lipinski definition) is 1. The second-order valence-corrected chi connectivity index (χ2v) is 5.48. The third kappa shape index (κ3) is 3.93. The van der Waals surface area contributed by atoms with Crippen molar-refractivity contribution in [2.24, 2.45) is 0 Å². The molecule has 0 aromatic carbocycles. The van der Waals surface area contributed by atoms with E-state index >= 15 is 0 Å². The van der Waals surface area contributed by atoms with Crippen molar-refractivity contribution < 1.29 is 4.74 Å². The molecule has 2 rings (SSSR count). The van der Waals surface area contributed by atoms with Crippen molar-refractivity contribution in [3.8, 4) is 0 Å². The molecule has 0 aliphatic heterocycles. The molecule has 18 heavy (non-hydrogen) atoms. The highest BCUT2D eigenvalue weighted by Gasteiger charge is 2.30. The minimum atomic E-state index is 0.702. The lowest BCUT2D eigenvalue weighted by Crippen LogP contribution is -2.29. The molecule has 1 saturated carbocycles. The van der Waals surface area contributed by atoms with Crippen LogP contribution in [-0.4, -0.2) is 44.4 Å². The van der Waals surface area contributed by atoms with E-state index in [4.69, 9.17) is 9.72 Å². The number of ether oxygens (including phenoxy) is 1. The second-order valence-electron chi connectivity index (χ2n) is 4.64. The van der Waals surface area contributed by atoms with Gasteiger partial charge in [0.05, 0.1) is 12.3 Å². The molecule has 4 nitrogen and oxygen atoms in total. The van der Waals surface area contributed by atoms with E-state index in [1.807, 2.05) is 0 Å². The Morgan fingerprint density at radius 3 is 3.06 bits per heavy atom. The topological polar surface area (TPSA) is 37.4 Å². The summed E-state index contributed by atoms with van der Waals surface area (Å²) in [4.78, 5) is 7.15. The van der Waals surface area contributed by atoms with Gasteiger partial charge in [0.25, 0.3) is 0 Å². The molecule has 1 N–H and O–H groups in total. The highest BCUT2D eigenvalue weighted by molar-refractivity contribution is 7.13. The number of nitrogens with zero attached hydrogens (tertiary/aromatic N) is 2. The van der Waals surface area contributed by atoms with Gasteiger partial charge >= 0.3 is 0 Å². The number of nitrogens with one attached hydrogen (secondary N) is 1. The van der Waals surface area contributed by atoms with Crippen molar-refractivity contribution in [3.05, 3.63) is 11.1 Å². The Morgan fingerprint density at radius 1 is 1.56 bits per heavy atom. The predicted molar refractivity (Wildman–Crippen MR) is 76.6 cm³/mol. The summed E-state index contributed by atoms with van der Waals surface area (Å²) >= 11 is 1.77. The second kappa shape index (κ2) is 7.07. The van der Waals surface area contributed by atoms with Gasteiger partial charge in [0, 0.05) is 38.0 Å². The highest BCUT2D eigenvalue weighted by atomic mass is 32.1. The van der Waals surface area contributed by atoms with Crippen molar-refractivity contribution in [1.82, 2.24) is 10.3 Å². The van der Waals surface area contributed by atoms with Crippen LogP contribution < -0.4 is 10.2 Å². The SMILES string of the molecule is CCNCCc1csc(N(CCOC)C2CC2)n1. The molecule has 1 aliphatic carbocycles. The third-order valence-electron chi connectivity index (χ3n) is 3.12. The summed E-state index contributed by atoms with van der Waals surface area (Å²) in [6.07, 6.45) is 3.62. The van der Waals surface area contributed by atoms with E-state index in [0.717, 1.165) is 32.7 Å². The average Bonchev–Trinajstić information content (AvgIpc) is 3.10. The molecule has 1 heterocycles. The molecule has 0 atom stereocenters. The summed E-state index contributed by atoms with van der Waals surface area (Å²) < 4.78 is 5.18. The first-order valence-electron chi connectivity index (χ1n) is 6.75. The molecule has 1 aromatic heterocycles. The van der Waals surface area contributed by atoms with Gasteiger partial charge in [-0.25, -0.2) is 4.98 Å². The zero-order valence-electron chi connectivity index (χ0n) is 11.3. The van der Waals surface area contributed by atoms with Crippen molar-refractivity contribution in [1.29, 1.82) is 0 Å². The Hall–Kier alpha value is -0.650. The fourth-order valence-corrected chi connectivity index (χ4v) is 2.90. The van der Waals surface area contributed by atoms with Crippen LogP contribution in [0.25, 0.3) is 0 Å². The van der Waals surface area contributed by atoms with Crippen LogP contribution in [-0.2, 0) is 11.2 Å². The smallest absolute Gasteiger partial charge is 0.185 e. The fraction of sp³-hybridized carbons (Fsp3) is 0.769. The predicted octanol–water partition coefficient (Wildman–Crippen LogP) is 1.91. The maximum atomic E-state index is 5.18. The van der Waals surface area contributed by atoms with Gasteiger partial charge in [-0.2, -0.15) is 0 Å². The van der Waals surface area contributed by atoms with Crippen LogP contribution >= 0.6 is 11.3 Å². The number of likely N-dealkylation sites (N-methyl/N-ethyl adjacent to an activating group) is 1. The van der Waals surface area contributed by atoms with Crippen molar-refractivity contribution in [2.75, 3.05) is 38.3 Å². The van der Waals surface area contributed by atoms with Crippen LogP contribution in [0, 0.1) is 0 Å². The minimum absolute atomic E-state index is 0.702. The standard InChI is InChI=1S/C13H23N3OS/c1-3-14-7-6-11-10-18-13(15-11)16(8-9-17-2)12-4-5-12/h10,12,14H,3-9H2,1-2H3. The maximum absolute atomic E-state index is 5.18. The van der Waals surface area contributed by atoms with E-state index < -0.39 is 0 Å². The molecule has 0 bridgehead atoms. The molecule has 0 amide bonds. The van der Waals surface area contributed by atoms with E-state index in [2.05, 4.69) is 22.5 Å². The first kappa shape index (κ1) is 13.8. The summed E-state index contributed by atoms with van der Waals surface area (Å²) in [5, 5.41) is 6.69. The summed E-state index contributed by atoms with van der Waals surface area (Å²) in [5.41, 5.74) is 1.21. The summed E-state index contributed by atoms with van der Waals surface area (Å²) in [6.45, 7) is 5.91. The molecule has 1 fully saturated rings. The van der Waals surface area contributed by atoms with Crippen molar-refractivity contribution in [3.63, 3.8) is 0 Å². The number of anilines is 1.